The van der Waals surface area contributed by atoms with E-state index in [4.69, 9.17) is 0 Å². The Morgan fingerprint density at radius 2 is 1.68 bits per heavy atom. The molecule has 2 rings (SSSR count). The molecular weight excluding hydrogens is 346 g/mol. The van der Waals surface area contributed by atoms with Crippen molar-refractivity contribution in [1.29, 1.82) is 0 Å². The molecule has 0 atom stereocenters. The van der Waals surface area contributed by atoms with Gasteiger partial charge in [-0.25, -0.2) is 8.42 Å². The lowest BCUT2D eigenvalue weighted by Gasteiger charge is -2.14. The molecule has 25 heavy (non-hydrogen) atoms. The van der Waals surface area contributed by atoms with E-state index < -0.39 is 20.9 Å². The number of hydrogen-bond acceptors (Lipinski definition) is 5. The second kappa shape index (κ2) is 7.31. The van der Waals surface area contributed by atoms with Crippen LogP contribution in [-0.2, 0) is 10.0 Å². The zero-order valence-corrected chi connectivity index (χ0v) is 14.4. The Morgan fingerprint density at radius 3 is 2.24 bits per heavy atom. The first-order chi connectivity index (χ1) is 11.7. The normalized spacial score (nSPS) is 11.2. The van der Waals surface area contributed by atoms with Gasteiger partial charge in [-0.1, -0.05) is 12.1 Å². The van der Waals surface area contributed by atoms with E-state index in [-0.39, 0.29) is 27.9 Å². The van der Waals surface area contributed by atoms with E-state index in [0.29, 0.717) is 0 Å². The van der Waals surface area contributed by atoms with Crippen LogP contribution in [0.5, 0.6) is 0 Å². The average Bonchev–Trinajstić information content (AvgIpc) is 2.54. The maximum absolute atomic E-state index is 12.5. The molecule has 0 aliphatic rings. The Hall–Kier alpha value is -2.94. The van der Waals surface area contributed by atoms with Crippen LogP contribution in [-0.4, -0.2) is 25.3 Å². The van der Waals surface area contributed by atoms with Crippen molar-refractivity contribution in [3.63, 3.8) is 0 Å². The molecule has 8 nitrogen and oxygen atoms in total. The van der Waals surface area contributed by atoms with Gasteiger partial charge in [-0.05, 0) is 38.1 Å². The van der Waals surface area contributed by atoms with E-state index >= 15 is 0 Å². The maximum Gasteiger partial charge on any atom is 0.269 e. The molecule has 0 spiro atoms. The van der Waals surface area contributed by atoms with Crippen molar-refractivity contribution in [3.05, 3.63) is 64.2 Å². The van der Waals surface area contributed by atoms with E-state index in [1.165, 1.54) is 12.1 Å². The van der Waals surface area contributed by atoms with Crippen molar-refractivity contribution in [2.24, 2.45) is 0 Å². The summed E-state index contributed by atoms with van der Waals surface area (Å²) in [5.41, 5.74) is 0.0938. The highest BCUT2D eigenvalue weighted by Crippen LogP contribution is 2.22. The summed E-state index contributed by atoms with van der Waals surface area (Å²) in [7, 11) is -3.99. The number of non-ortho nitro benzene ring substituents is 1. The first kappa shape index (κ1) is 18.4. The van der Waals surface area contributed by atoms with Gasteiger partial charge in [-0.3, -0.25) is 19.6 Å². The highest BCUT2D eigenvalue weighted by Gasteiger charge is 2.19. The third kappa shape index (κ3) is 4.54. The molecule has 9 heteroatoms. The van der Waals surface area contributed by atoms with Crippen LogP contribution in [0.1, 0.15) is 24.2 Å². The number of nitrogens with one attached hydrogen (secondary N) is 2. The highest BCUT2D eigenvalue weighted by molar-refractivity contribution is 7.92. The number of nitro groups is 1. The summed E-state index contributed by atoms with van der Waals surface area (Å²) in [6.07, 6.45) is 0. The average molecular weight is 363 g/mol. The molecule has 132 valence electrons. The van der Waals surface area contributed by atoms with Crippen LogP contribution in [0.15, 0.2) is 53.4 Å². The molecule has 0 bridgehead atoms. The fourth-order valence-corrected chi connectivity index (χ4v) is 3.14. The number of carbonyl (C=O) groups excluding carboxylic acids is 1. The monoisotopic (exact) mass is 363 g/mol. The number of para-hydroxylation sites is 1. The van der Waals surface area contributed by atoms with Gasteiger partial charge in [-0.15, -0.1) is 0 Å². The summed E-state index contributed by atoms with van der Waals surface area (Å²) in [4.78, 5) is 22.1. The van der Waals surface area contributed by atoms with Gasteiger partial charge in [0.2, 0.25) is 0 Å². The number of hydrogen-bond donors (Lipinski definition) is 2. The number of rotatable bonds is 6. The molecule has 2 aromatic carbocycles. The Balaban J connectivity index is 2.32. The highest BCUT2D eigenvalue weighted by atomic mass is 32.2. The van der Waals surface area contributed by atoms with Crippen LogP contribution in [0.4, 0.5) is 11.4 Å². The van der Waals surface area contributed by atoms with Gasteiger partial charge < -0.3 is 5.32 Å². The Kier molecular flexibility index (Phi) is 5.38. The molecule has 0 saturated heterocycles. The molecule has 2 aromatic rings. The summed E-state index contributed by atoms with van der Waals surface area (Å²) >= 11 is 0. The van der Waals surface area contributed by atoms with Crippen LogP contribution >= 0.6 is 0 Å². The van der Waals surface area contributed by atoms with Gasteiger partial charge in [0.15, 0.2) is 0 Å². The van der Waals surface area contributed by atoms with Crippen LogP contribution in [0, 0.1) is 10.1 Å². The summed E-state index contributed by atoms with van der Waals surface area (Å²) < 4.78 is 27.3. The number of nitro benzene ring substituents is 1. The minimum Gasteiger partial charge on any atom is -0.350 e. The quantitative estimate of drug-likeness (QED) is 0.604. The molecule has 0 saturated carbocycles. The predicted octanol–water partition coefficient (Wildman–Crippen LogP) is 2.53. The molecule has 0 aromatic heterocycles. The topological polar surface area (TPSA) is 118 Å². The van der Waals surface area contributed by atoms with Crippen molar-refractivity contribution in [3.8, 4) is 0 Å². The number of nitrogens with zero attached hydrogens (tertiary/aromatic N) is 1. The molecule has 0 unspecified atom stereocenters. The fourth-order valence-electron chi connectivity index (χ4n) is 2.06. The Morgan fingerprint density at radius 1 is 1.08 bits per heavy atom. The van der Waals surface area contributed by atoms with Crippen molar-refractivity contribution >= 4 is 27.3 Å². The van der Waals surface area contributed by atoms with E-state index in [1.807, 2.05) is 0 Å². The molecule has 0 fully saturated rings. The van der Waals surface area contributed by atoms with Crippen LogP contribution in [0.3, 0.4) is 0 Å². The van der Waals surface area contributed by atoms with Crippen molar-refractivity contribution in [2.45, 2.75) is 24.8 Å². The first-order valence-corrected chi connectivity index (χ1v) is 8.86. The number of sulfonamides is 1. The number of amides is 1. The van der Waals surface area contributed by atoms with Crippen molar-refractivity contribution in [2.75, 3.05) is 4.72 Å². The summed E-state index contributed by atoms with van der Waals surface area (Å²) in [6, 6.07) is 10.6. The third-order valence-electron chi connectivity index (χ3n) is 3.19. The molecular formula is C16H17N3O5S. The minimum absolute atomic E-state index is 0.105. The number of carbonyl (C=O) groups is 1. The second-order valence-electron chi connectivity index (χ2n) is 5.53. The van der Waals surface area contributed by atoms with Crippen LogP contribution < -0.4 is 10.0 Å². The zero-order valence-electron chi connectivity index (χ0n) is 13.6. The standard InChI is InChI=1S/C16H17N3O5S/c1-11(2)17-16(20)14-5-3-4-6-15(14)18-25(23,24)13-9-7-12(8-10-13)19(21)22/h3-11,18H,1-2H3,(H,17,20). The van der Waals surface area contributed by atoms with Crippen LogP contribution in [0.25, 0.3) is 0 Å². The van der Waals surface area contributed by atoms with Gasteiger partial charge in [0.25, 0.3) is 21.6 Å². The Labute approximate surface area is 145 Å². The van der Waals surface area contributed by atoms with Crippen molar-refractivity contribution < 1.29 is 18.1 Å². The summed E-state index contributed by atoms with van der Waals surface area (Å²) in [5, 5.41) is 13.4. The lowest BCUT2D eigenvalue weighted by molar-refractivity contribution is -0.384. The molecule has 2 N–H and O–H groups in total. The summed E-state index contributed by atoms with van der Waals surface area (Å²) in [6.45, 7) is 3.59. The lowest BCUT2D eigenvalue weighted by atomic mass is 10.1. The van der Waals surface area contributed by atoms with Crippen molar-refractivity contribution in [1.82, 2.24) is 5.32 Å². The predicted molar refractivity (Wildman–Crippen MR) is 92.9 cm³/mol. The van der Waals surface area contributed by atoms with E-state index in [2.05, 4.69) is 10.0 Å². The number of benzene rings is 2. The van der Waals surface area contributed by atoms with Crippen LogP contribution in [0.2, 0.25) is 0 Å². The fraction of sp³-hybridized carbons (Fsp3) is 0.188. The minimum atomic E-state index is -3.99. The molecule has 0 radical (unpaired) electrons. The first-order valence-electron chi connectivity index (χ1n) is 7.38. The largest absolute Gasteiger partial charge is 0.350 e. The lowest BCUT2D eigenvalue weighted by Crippen LogP contribution is -2.31. The molecule has 0 heterocycles. The molecule has 1 amide bonds. The van der Waals surface area contributed by atoms with E-state index in [0.717, 1.165) is 24.3 Å². The zero-order chi connectivity index (χ0) is 18.6. The Bertz CT molecular complexity index is 892. The van der Waals surface area contributed by atoms with Gasteiger partial charge in [0, 0.05) is 18.2 Å². The van der Waals surface area contributed by atoms with Gasteiger partial charge in [-0.2, -0.15) is 0 Å². The molecule has 0 aliphatic carbocycles. The maximum atomic E-state index is 12.5. The molecule has 0 aliphatic heterocycles. The SMILES string of the molecule is CC(C)NC(=O)c1ccccc1NS(=O)(=O)c1ccc([N+](=O)[O-])cc1. The van der Waals surface area contributed by atoms with Gasteiger partial charge >= 0.3 is 0 Å². The third-order valence-corrected chi connectivity index (χ3v) is 4.58. The van der Waals surface area contributed by atoms with E-state index in [9.17, 15) is 23.3 Å². The second-order valence-corrected chi connectivity index (χ2v) is 7.21. The van der Waals surface area contributed by atoms with E-state index in [1.54, 1.807) is 26.0 Å². The smallest absolute Gasteiger partial charge is 0.269 e. The van der Waals surface area contributed by atoms with Gasteiger partial charge in [0.05, 0.1) is 21.1 Å². The number of anilines is 1. The van der Waals surface area contributed by atoms with Gasteiger partial charge in [0.1, 0.15) is 0 Å². The summed E-state index contributed by atoms with van der Waals surface area (Å²) in [5.74, 6) is -0.406.